The number of anilines is 1. The number of aromatic nitrogens is 1. The zero-order chi connectivity index (χ0) is 11.0. The van der Waals surface area contributed by atoms with Gasteiger partial charge in [-0.3, -0.25) is 4.79 Å². The molecule has 0 aliphatic rings. The molecule has 0 spiro atoms. The Balaban J connectivity index is 2.95. The van der Waals surface area contributed by atoms with Crippen LogP contribution in [0.25, 0.3) is 10.9 Å². The van der Waals surface area contributed by atoms with Gasteiger partial charge in [0.1, 0.15) is 6.07 Å². The monoisotopic (exact) mass is 200 g/mol. The third kappa shape index (κ3) is 1.20. The van der Waals surface area contributed by atoms with Gasteiger partial charge >= 0.3 is 0 Å². The van der Waals surface area contributed by atoms with Crippen molar-refractivity contribution in [3.8, 4) is 6.07 Å². The number of carbonyl (C=O) groups excluding carboxylic acids is 1. The number of hydrogen-bond donors (Lipinski definition) is 3. The lowest BCUT2D eigenvalue weighted by Gasteiger charge is -2.01. The molecule has 0 aliphatic heterocycles. The summed E-state index contributed by atoms with van der Waals surface area (Å²) in [5.74, 6) is -0.573. The van der Waals surface area contributed by atoms with Gasteiger partial charge in [0, 0.05) is 17.1 Å². The van der Waals surface area contributed by atoms with Crippen molar-refractivity contribution in [2.24, 2.45) is 5.73 Å². The van der Waals surface area contributed by atoms with E-state index >= 15 is 0 Å². The maximum atomic E-state index is 11.2. The molecule has 1 heterocycles. The van der Waals surface area contributed by atoms with E-state index in [9.17, 15) is 4.79 Å². The Kier molecular flexibility index (Phi) is 1.83. The molecule has 15 heavy (non-hydrogen) atoms. The van der Waals surface area contributed by atoms with Crippen LogP contribution in [0, 0.1) is 11.3 Å². The summed E-state index contributed by atoms with van der Waals surface area (Å²) in [7, 11) is 0. The average Bonchev–Trinajstić information content (AvgIpc) is 2.62. The van der Waals surface area contributed by atoms with Crippen LogP contribution in [-0.2, 0) is 0 Å². The zero-order valence-electron chi connectivity index (χ0n) is 7.74. The maximum Gasteiger partial charge on any atom is 0.249 e. The van der Waals surface area contributed by atoms with Crippen molar-refractivity contribution in [1.82, 2.24) is 4.98 Å². The van der Waals surface area contributed by atoms with Crippen LogP contribution < -0.4 is 11.5 Å². The van der Waals surface area contributed by atoms with Crippen LogP contribution in [0.3, 0.4) is 0 Å². The van der Waals surface area contributed by atoms with Gasteiger partial charge in [0.2, 0.25) is 5.91 Å². The molecule has 0 fully saturated rings. The molecule has 2 rings (SSSR count). The fourth-order valence-corrected chi connectivity index (χ4v) is 1.56. The Labute approximate surface area is 85.3 Å². The standard InChI is InChI=1S/C10H8N4O/c11-3-5-4-14-9-7(12)2-1-6(8(5)9)10(13)15/h1-2,4,14H,12H2,(H2,13,15). The minimum Gasteiger partial charge on any atom is -0.397 e. The van der Waals surface area contributed by atoms with Gasteiger partial charge in [-0.1, -0.05) is 0 Å². The van der Waals surface area contributed by atoms with Crippen LogP contribution in [0.5, 0.6) is 0 Å². The molecular formula is C10H8N4O. The Hall–Kier alpha value is -2.48. The number of nitrogens with one attached hydrogen (secondary N) is 1. The summed E-state index contributed by atoms with van der Waals surface area (Å²) < 4.78 is 0. The summed E-state index contributed by atoms with van der Waals surface area (Å²) >= 11 is 0. The summed E-state index contributed by atoms with van der Waals surface area (Å²) in [6, 6.07) is 5.08. The van der Waals surface area contributed by atoms with Gasteiger partial charge in [-0.2, -0.15) is 5.26 Å². The topological polar surface area (TPSA) is 109 Å². The molecule has 74 valence electrons. The summed E-state index contributed by atoms with van der Waals surface area (Å²) in [4.78, 5) is 14.0. The lowest BCUT2D eigenvalue weighted by molar-refractivity contribution is 0.100. The van der Waals surface area contributed by atoms with Gasteiger partial charge in [0.25, 0.3) is 0 Å². The first-order chi connectivity index (χ1) is 7.15. The highest BCUT2D eigenvalue weighted by Crippen LogP contribution is 2.26. The average molecular weight is 200 g/mol. The van der Waals surface area contributed by atoms with E-state index < -0.39 is 5.91 Å². The number of fused-ring (bicyclic) bond motifs is 1. The zero-order valence-corrected chi connectivity index (χ0v) is 7.74. The Morgan fingerprint density at radius 1 is 1.47 bits per heavy atom. The van der Waals surface area contributed by atoms with Crippen LogP contribution in [0.1, 0.15) is 15.9 Å². The second kappa shape index (κ2) is 3.03. The maximum absolute atomic E-state index is 11.2. The Morgan fingerprint density at radius 2 is 2.20 bits per heavy atom. The van der Waals surface area contributed by atoms with Gasteiger partial charge in [-0.25, -0.2) is 0 Å². The van der Waals surface area contributed by atoms with E-state index in [0.717, 1.165) is 0 Å². The lowest BCUT2D eigenvalue weighted by Crippen LogP contribution is -2.11. The van der Waals surface area contributed by atoms with Crippen LogP contribution >= 0.6 is 0 Å². The van der Waals surface area contributed by atoms with E-state index in [1.165, 1.54) is 12.3 Å². The molecule has 1 aromatic heterocycles. The van der Waals surface area contributed by atoms with Crippen molar-refractivity contribution in [1.29, 1.82) is 5.26 Å². The van der Waals surface area contributed by atoms with E-state index in [2.05, 4.69) is 4.98 Å². The van der Waals surface area contributed by atoms with Gasteiger partial charge in [-0.05, 0) is 12.1 Å². The first-order valence-corrected chi connectivity index (χ1v) is 4.24. The lowest BCUT2D eigenvalue weighted by atomic mass is 10.1. The normalized spacial score (nSPS) is 10.1. The fraction of sp³-hybridized carbons (Fsp3) is 0. The molecule has 0 aliphatic carbocycles. The molecule has 1 aromatic carbocycles. The van der Waals surface area contributed by atoms with Crippen LogP contribution in [0.4, 0.5) is 5.69 Å². The molecule has 0 atom stereocenters. The predicted molar refractivity (Wildman–Crippen MR) is 55.9 cm³/mol. The number of H-pyrrole nitrogens is 1. The summed E-state index contributed by atoms with van der Waals surface area (Å²) in [5, 5.41) is 9.35. The van der Waals surface area contributed by atoms with Crippen molar-refractivity contribution >= 4 is 22.5 Å². The minimum atomic E-state index is -0.573. The molecule has 0 unspecified atom stereocenters. The first-order valence-electron chi connectivity index (χ1n) is 4.24. The van der Waals surface area contributed by atoms with Crippen LogP contribution in [-0.4, -0.2) is 10.9 Å². The van der Waals surface area contributed by atoms with Crippen LogP contribution in [0.2, 0.25) is 0 Å². The molecular weight excluding hydrogens is 192 g/mol. The van der Waals surface area contributed by atoms with E-state index in [4.69, 9.17) is 16.7 Å². The van der Waals surface area contributed by atoms with E-state index in [1.807, 2.05) is 6.07 Å². The third-order valence-corrected chi connectivity index (χ3v) is 2.25. The SMILES string of the molecule is N#Cc1c[nH]c2c(N)ccc(C(N)=O)c12. The van der Waals surface area contributed by atoms with Gasteiger partial charge in [0.05, 0.1) is 16.8 Å². The third-order valence-electron chi connectivity index (χ3n) is 2.25. The molecule has 5 heteroatoms. The number of nitrogens with two attached hydrogens (primary N) is 2. The molecule has 2 aromatic rings. The van der Waals surface area contributed by atoms with Crippen molar-refractivity contribution in [2.45, 2.75) is 0 Å². The molecule has 0 saturated carbocycles. The number of nitrogen functional groups attached to an aromatic ring is 1. The number of aromatic amines is 1. The Morgan fingerprint density at radius 3 is 2.80 bits per heavy atom. The fourth-order valence-electron chi connectivity index (χ4n) is 1.56. The molecule has 5 nitrogen and oxygen atoms in total. The Bertz CT molecular complexity index is 591. The number of rotatable bonds is 1. The first kappa shape index (κ1) is 9.09. The van der Waals surface area contributed by atoms with Crippen molar-refractivity contribution < 1.29 is 4.79 Å². The quantitative estimate of drug-likeness (QED) is 0.590. The number of nitriles is 1. The van der Waals surface area contributed by atoms with Crippen LogP contribution in [0.15, 0.2) is 18.3 Å². The highest BCUT2D eigenvalue weighted by molar-refractivity contribution is 6.10. The molecule has 0 bridgehead atoms. The second-order valence-corrected chi connectivity index (χ2v) is 3.13. The number of hydrogen-bond acceptors (Lipinski definition) is 3. The van der Waals surface area contributed by atoms with Gasteiger partial charge in [0.15, 0.2) is 0 Å². The minimum absolute atomic E-state index is 0.303. The number of primary amides is 1. The van der Waals surface area contributed by atoms with Gasteiger partial charge < -0.3 is 16.5 Å². The molecule has 5 N–H and O–H groups in total. The number of carbonyl (C=O) groups is 1. The van der Waals surface area contributed by atoms with E-state index in [1.54, 1.807) is 6.07 Å². The summed E-state index contributed by atoms with van der Waals surface area (Å²) in [6.45, 7) is 0. The van der Waals surface area contributed by atoms with E-state index in [-0.39, 0.29) is 0 Å². The van der Waals surface area contributed by atoms with Crippen molar-refractivity contribution in [2.75, 3.05) is 5.73 Å². The predicted octanol–water partition coefficient (Wildman–Crippen LogP) is 0.721. The highest BCUT2D eigenvalue weighted by Gasteiger charge is 2.13. The number of amides is 1. The second-order valence-electron chi connectivity index (χ2n) is 3.13. The largest absolute Gasteiger partial charge is 0.397 e. The molecule has 0 saturated heterocycles. The highest BCUT2D eigenvalue weighted by atomic mass is 16.1. The number of benzene rings is 1. The smallest absolute Gasteiger partial charge is 0.249 e. The summed E-state index contributed by atoms with van der Waals surface area (Å²) in [6.07, 6.45) is 1.51. The molecule has 0 radical (unpaired) electrons. The van der Waals surface area contributed by atoms with Gasteiger partial charge in [-0.15, -0.1) is 0 Å². The van der Waals surface area contributed by atoms with E-state index in [0.29, 0.717) is 27.7 Å². The van der Waals surface area contributed by atoms with Crippen molar-refractivity contribution in [3.05, 3.63) is 29.5 Å². The summed E-state index contributed by atoms with van der Waals surface area (Å²) in [5.41, 5.74) is 12.6. The number of nitrogens with zero attached hydrogens (tertiary/aromatic N) is 1. The molecule has 1 amide bonds. The van der Waals surface area contributed by atoms with Crippen molar-refractivity contribution in [3.63, 3.8) is 0 Å².